The van der Waals surface area contributed by atoms with E-state index in [0.717, 1.165) is 27.2 Å². The number of benzene rings is 3. The molecule has 0 saturated carbocycles. The molecule has 18 heavy (non-hydrogen) atoms. The smallest absolute Gasteiger partial charge is 0.131 e. The van der Waals surface area contributed by atoms with Gasteiger partial charge in [0, 0.05) is 27.1 Å². The molecule has 0 aliphatic carbocycles. The van der Waals surface area contributed by atoms with Crippen molar-refractivity contribution in [3.05, 3.63) is 60.4 Å². The molecule has 0 aliphatic heterocycles. The number of rotatable bonds is 0. The maximum atomic E-state index is 14.1. The van der Waals surface area contributed by atoms with Crippen LogP contribution in [-0.4, -0.2) is 4.98 Å². The van der Waals surface area contributed by atoms with Gasteiger partial charge in [0.05, 0.1) is 5.52 Å². The molecule has 1 N–H and O–H groups in total. The zero-order valence-electron chi connectivity index (χ0n) is 9.57. The van der Waals surface area contributed by atoms with Gasteiger partial charge in [-0.2, -0.15) is 0 Å². The Morgan fingerprint density at radius 2 is 1.39 bits per heavy atom. The van der Waals surface area contributed by atoms with Crippen molar-refractivity contribution in [1.82, 2.24) is 4.98 Å². The first-order valence-electron chi connectivity index (χ1n) is 5.92. The van der Waals surface area contributed by atoms with E-state index in [4.69, 9.17) is 0 Å². The van der Waals surface area contributed by atoms with Crippen LogP contribution in [0.1, 0.15) is 0 Å². The minimum Gasteiger partial charge on any atom is -0.354 e. The quantitative estimate of drug-likeness (QED) is 0.458. The summed E-state index contributed by atoms with van der Waals surface area (Å²) in [6, 6.07) is 17.2. The van der Waals surface area contributed by atoms with Crippen molar-refractivity contribution < 1.29 is 4.39 Å². The molecule has 1 heterocycles. The van der Waals surface area contributed by atoms with Crippen LogP contribution < -0.4 is 0 Å². The van der Waals surface area contributed by atoms with Crippen molar-refractivity contribution in [2.45, 2.75) is 0 Å². The van der Waals surface area contributed by atoms with E-state index in [1.54, 1.807) is 6.07 Å². The van der Waals surface area contributed by atoms with Gasteiger partial charge in [-0.3, -0.25) is 0 Å². The molecule has 0 unspecified atom stereocenters. The highest BCUT2D eigenvalue weighted by Gasteiger charge is 2.10. The van der Waals surface area contributed by atoms with Crippen LogP contribution in [0.15, 0.2) is 54.6 Å². The SMILES string of the molecule is Fc1cc2c3ccccc3[nH]c2c2ccccc12. The normalized spacial score (nSPS) is 11.6. The van der Waals surface area contributed by atoms with Crippen LogP contribution in [-0.2, 0) is 0 Å². The third kappa shape index (κ3) is 1.15. The third-order valence-corrected chi connectivity index (χ3v) is 3.47. The minimum absolute atomic E-state index is 0.164. The lowest BCUT2D eigenvalue weighted by molar-refractivity contribution is 0.641. The highest BCUT2D eigenvalue weighted by atomic mass is 19.1. The van der Waals surface area contributed by atoms with E-state index in [1.165, 1.54) is 0 Å². The molecule has 0 aliphatic rings. The van der Waals surface area contributed by atoms with Gasteiger partial charge in [-0.1, -0.05) is 42.5 Å². The molecule has 2 heteroatoms. The molecule has 86 valence electrons. The molecule has 0 atom stereocenters. The number of para-hydroxylation sites is 1. The molecule has 0 amide bonds. The minimum atomic E-state index is -0.164. The second-order valence-corrected chi connectivity index (χ2v) is 4.50. The predicted molar refractivity (Wildman–Crippen MR) is 73.3 cm³/mol. The van der Waals surface area contributed by atoms with E-state index in [1.807, 2.05) is 48.5 Å². The molecule has 3 aromatic carbocycles. The van der Waals surface area contributed by atoms with E-state index >= 15 is 0 Å². The van der Waals surface area contributed by atoms with Crippen LogP contribution in [0.2, 0.25) is 0 Å². The van der Waals surface area contributed by atoms with Crippen molar-refractivity contribution in [2.24, 2.45) is 0 Å². The Hall–Kier alpha value is -2.35. The van der Waals surface area contributed by atoms with Crippen molar-refractivity contribution in [3.8, 4) is 0 Å². The average molecular weight is 235 g/mol. The summed E-state index contributed by atoms with van der Waals surface area (Å²) in [6.45, 7) is 0. The van der Waals surface area contributed by atoms with Crippen LogP contribution in [0.4, 0.5) is 4.39 Å². The summed E-state index contributed by atoms with van der Waals surface area (Å²) >= 11 is 0. The lowest BCUT2D eigenvalue weighted by atomic mass is 10.1. The predicted octanol–water partition coefficient (Wildman–Crippen LogP) is 4.61. The molecule has 0 fully saturated rings. The number of aromatic amines is 1. The third-order valence-electron chi connectivity index (χ3n) is 3.47. The molecule has 0 spiro atoms. The number of H-pyrrole nitrogens is 1. The Bertz CT molecular complexity index is 889. The largest absolute Gasteiger partial charge is 0.354 e. The van der Waals surface area contributed by atoms with Crippen molar-refractivity contribution in [3.63, 3.8) is 0 Å². The molecule has 1 nitrogen and oxygen atoms in total. The Morgan fingerprint density at radius 1 is 0.722 bits per heavy atom. The van der Waals surface area contributed by atoms with E-state index < -0.39 is 0 Å². The molecule has 4 rings (SSSR count). The molecule has 4 aromatic rings. The van der Waals surface area contributed by atoms with Gasteiger partial charge in [-0.15, -0.1) is 0 Å². The molecule has 1 aromatic heterocycles. The summed E-state index contributed by atoms with van der Waals surface area (Å²) in [5.74, 6) is -0.164. The van der Waals surface area contributed by atoms with Crippen LogP contribution in [0.5, 0.6) is 0 Å². The fourth-order valence-corrected chi connectivity index (χ4v) is 2.64. The van der Waals surface area contributed by atoms with E-state index in [-0.39, 0.29) is 5.82 Å². The van der Waals surface area contributed by atoms with Crippen molar-refractivity contribution >= 4 is 32.6 Å². The fraction of sp³-hybridized carbons (Fsp3) is 0. The van der Waals surface area contributed by atoms with Crippen LogP contribution in [0, 0.1) is 5.82 Å². The number of halogens is 1. The number of fused-ring (bicyclic) bond motifs is 5. The van der Waals surface area contributed by atoms with Gasteiger partial charge < -0.3 is 4.98 Å². The van der Waals surface area contributed by atoms with Gasteiger partial charge >= 0.3 is 0 Å². The van der Waals surface area contributed by atoms with Gasteiger partial charge in [0.15, 0.2) is 0 Å². The maximum absolute atomic E-state index is 14.1. The van der Waals surface area contributed by atoms with Crippen LogP contribution in [0.25, 0.3) is 32.6 Å². The number of hydrogen-bond acceptors (Lipinski definition) is 0. The highest BCUT2D eigenvalue weighted by molar-refractivity contribution is 6.17. The van der Waals surface area contributed by atoms with Crippen molar-refractivity contribution in [1.29, 1.82) is 0 Å². The van der Waals surface area contributed by atoms with Gasteiger partial charge in [-0.25, -0.2) is 4.39 Å². The Morgan fingerprint density at radius 3 is 2.22 bits per heavy atom. The topological polar surface area (TPSA) is 15.8 Å². The second kappa shape index (κ2) is 3.33. The Kier molecular flexibility index (Phi) is 1.78. The lowest BCUT2D eigenvalue weighted by Crippen LogP contribution is -1.81. The monoisotopic (exact) mass is 235 g/mol. The number of hydrogen-bond donors (Lipinski definition) is 1. The first-order chi connectivity index (χ1) is 8.84. The lowest BCUT2D eigenvalue weighted by Gasteiger charge is -2.01. The highest BCUT2D eigenvalue weighted by Crippen LogP contribution is 2.32. The first-order valence-corrected chi connectivity index (χ1v) is 5.92. The summed E-state index contributed by atoms with van der Waals surface area (Å²) in [4.78, 5) is 3.38. The Balaban J connectivity index is 2.36. The number of nitrogens with one attached hydrogen (secondary N) is 1. The van der Waals surface area contributed by atoms with Crippen LogP contribution in [0.3, 0.4) is 0 Å². The van der Waals surface area contributed by atoms with E-state index in [9.17, 15) is 4.39 Å². The summed E-state index contributed by atoms with van der Waals surface area (Å²) in [5, 5.41) is 3.61. The van der Waals surface area contributed by atoms with Gasteiger partial charge in [0.1, 0.15) is 5.82 Å². The summed E-state index contributed by atoms with van der Waals surface area (Å²) in [5.41, 5.74) is 2.05. The zero-order chi connectivity index (χ0) is 12.1. The standard InChI is InChI=1S/C16H10FN/c17-14-9-13-11-6-3-4-8-15(11)18-16(13)12-7-2-1-5-10(12)14/h1-9,18H. The van der Waals surface area contributed by atoms with Crippen LogP contribution >= 0.6 is 0 Å². The average Bonchev–Trinajstić information content (AvgIpc) is 2.78. The zero-order valence-corrected chi connectivity index (χ0v) is 9.57. The van der Waals surface area contributed by atoms with Gasteiger partial charge in [0.25, 0.3) is 0 Å². The molecule has 0 bridgehead atoms. The van der Waals surface area contributed by atoms with E-state index in [2.05, 4.69) is 4.98 Å². The maximum Gasteiger partial charge on any atom is 0.131 e. The summed E-state index contributed by atoms with van der Waals surface area (Å²) in [6.07, 6.45) is 0. The molecular weight excluding hydrogens is 225 g/mol. The molecule has 0 radical (unpaired) electrons. The van der Waals surface area contributed by atoms with E-state index in [0.29, 0.717) is 5.39 Å². The summed E-state index contributed by atoms with van der Waals surface area (Å²) < 4.78 is 14.1. The first kappa shape index (κ1) is 9.66. The summed E-state index contributed by atoms with van der Waals surface area (Å²) in [7, 11) is 0. The molecule has 0 saturated heterocycles. The fourth-order valence-electron chi connectivity index (χ4n) is 2.64. The van der Waals surface area contributed by atoms with Gasteiger partial charge in [0.2, 0.25) is 0 Å². The van der Waals surface area contributed by atoms with Gasteiger partial charge in [-0.05, 0) is 12.1 Å². The second-order valence-electron chi connectivity index (χ2n) is 4.50. The molecular formula is C16H10FN. The Labute approximate surface area is 103 Å². The number of aromatic nitrogens is 1. The van der Waals surface area contributed by atoms with Crippen molar-refractivity contribution in [2.75, 3.05) is 0 Å².